The molecule has 2 aromatic carbocycles. The molecule has 2 heterocycles. The molecule has 1 aliphatic rings. The van der Waals surface area contributed by atoms with Crippen LogP contribution in [0.5, 0.6) is 5.75 Å². The van der Waals surface area contributed by atoms with Crippen molar-refractivity contribution in [2.75, 3.05) is 13.7 Å². The number of para-hydroxylation sites is 1. The summed E-state index contributed by atoms with van der Waals surface area (Å²) in [6.45, 7) is -0.543. The van der Waals surface area contributed by atoms with E-state index < -0.39 is 37.1 Å². The van der Waals surface area contributed by atoms with Gasteiger partial charge in [-0.3, -0.25) is 4.79 Å². The quantitative estimate of drug-likeness (QED) is 0.477. The minimum atomic E-state index is -1.53. The van der Waals surface area contributed by atoms with Crippen molar-refractivity contribution in [3.8, 4) is 5.75 Å². The number of hydrogen-bond donors (Lipinski definition) is 4. The Balaban J connectivity index is 1.92. The van der Waals surface area contributed by atoms with Crippen molar-refractivity contribution in [1.82, 2.24) is 0 Å². The van der Waals surface area contributed by atoms with Gasteiger partial charge in [0.2, 0.25) is 5.43 Å². The van der Waals surface area contributed by atoms with Gasteiger partial charge in [0.15, 0.2) is 0 Å². The van der Waals surface area contributed by atoms with Crippen molar-refractivity contribution < 1.29 is 34.3 Å². The van der Waals surface area contributed by atoms with Crippen molar-refractivity contribution in [3.63, 3.8) is 0 Å². The van der Waals surface area contributed by atoms with Gasteiger partial charge in [-0.2, -0.15) is 0 Å². The van der Waals surface area contributed by atoms with Crippen molar-refractivity contribution in [1.29, 1.82) is 0 Å². The molecule has 0 radical (unpaired) electrons. The second kappa shape index (κ2) is 7.16. The minimum Gasteiger partial charge on any atom is -0.497 e. The second-order valence-corrected chi connectivity index (χ2v) is 6.77. The number of fused-ring (bicyclic) bond motifs is 2. The molecule has 1 saturated heterocycles. The lowest BCUT2D eigenvalue weighted by atomic mass is 9.90. The Morgan fingerprint density at radius 3 is 2.54 bits per heavy atom. The van der Waals surface area contributed by atoms with Crippen LogP contribution in [0, 0.1) is 0 Å². The highest BCUT2D eigenvalue weighted by atomic mass is 16.5. The van der Waals surface area contributed by atoms with E-state index in [0.717, 1.165) is 0 Å². The Kier molecular flexibility index (Phi) is 4.82. The summed E-state index contributed by atoms with van der Waals surface area (Å²) in [7, 11) is 1.50. The van der Waals surface area contributed by atoms with Crippen molar-refractivity contribution in [2.45, 2.75) is 30.5 Å². The van der Waals surface area contributed by atoms with Gasteiger partial charge in [0.1, 0.15) is 47.4 Å². The van der Waals surface area contributed by atoms with Gasteiger partial charge in [-0.15, -0.1) is 0 Å². The second-order valence-electron chi connectivity index (χ2n) is 6.77. The lowest BCUT2D eigenvalue weighted by molar-refractivity contribution is -0.231. The van der Waals surface area contributed by atoms with E-state index in [1.54, 1.807) is 36.4 Å². The van der Waals surface area contributed by atoms with Gasteiger partial charge in [-0.05, 0) is 24.3 Å². The predicted octanol–water partition coefficient (Wildman–Crippen LogP) is 0.470. The van der Waals surface area contributed by atoms with Gasteiger partial charge >= 0.3 is 0 Å². The SMILES string of the molecule is COc1ccc2oc3c([C@@H]4O[C@H](CO)[C@@H](O)[C@H](O)[C@H]4O)cccc3c(=O)c2c1. The molecule has 0 saturated carbocycles. The number of rotatable bonds is 3. The van der Waals surface area contributed by atoms with Crippen molar-refractivity contribution in [2.24, 2.45) is 0 Å². The first kappa shape index (κ1) is 18.9. The molecule has 8 heteroatoms. The number of aliphatic hydroxyl groups excluding tert-OH is 4. The maximum absolute atomic E-state index is 13.0. The largest absolute Gasteiger partial charge is 0.497 e. The van der Waals surface area contributed by atoms with Crippen LogP contribution < -0.4 is 10.2 Å². The highest BCUT2D eigenvalue weighted by molar-refractivity contribution is 5.91. The van der Waals surface area contributed by atoms with E-state index in [9.17, 15) is 25.2 Å². The highest BCUT2D eigenvalue weighted by Gasteiger charge is 2.44. The maximum Gasteiger partial charge on any atom is 0.200 e. The van der Waals surface area contributed by atoms with Crippen LogP contribution in [0.1, 0.15) is 11.7 Å². The van der Waals surface area contributed by atoms with Gasteiger partial charge in [-0.25, -0.2) is 0 Å². The van der Waals surface area contributed by atoms with Gasteiger partial charge < -0.3 is 34.3 Å². The molecule has 5 atom stereocenters. The third-order valence-electron chi connectivity index (χ3n) is 5.13. The third kappa shape index (κ3) is 2.86. The van der Waals surface area contributed by atoms with E-state index in [0.29, 0.717) is 22.3 Å². The monoisotopic (exact) mass is 388 g/mol. The van der Waals surface area contributed by atoms with Gasteiger partial charge in [0.05, 0.1) is 24.5 Å². The number of aliphatic hydroxyl groups is 4. The Bertz CT molecular complexity index is 1070. The molecule has 8 nitrogen and oxygen atoms in total. The van der Waals surface area contributed by atoms with Gasteiger partial charge in [-0.1, -0.05) is 12.1 Å². The Hall–Kier alpha value is -2.49. The molecule has 1 aromatic heterocycles. The van der Waals surface area contributed by atoms with Crippen LogP contribution in [0.15, 0.2) is 45.6 Å². The average molecular weight is 388 g/mol. The summed E-state index contributed by atoms with van der Waals surface area (Å²) in [5, 5.41) is 40.5. The molecule has 0 aliphatic carbocycles. The topological polar surface area (TPSA) is 130 Å². The molecule has 148 valence electrons. The summed E-state index contributed by atoms with van der Waals surface area (Å²) in [4.78, 5) is 13.0. The van der Waals surface area contributed by atoms with E-state index in [4.69, 9.17) is 13.9 Å². The van der Waals surface area contributed by atoms with Crippen LogP contribution in [0.4, 0.5) is 0 Å². The Morgan fingerprint density at radius 2 is 1.82 bits per heavy atom. The molecule has 0 bridgehead atoms. The first-order valence-corrected chi connectivity index (χ1v) is 8.80. The molecule has 4 N–H and O–H groups in total. The maximum atomic E-state index is 13.0. The van der Waals surface area contributed by atoms with E-state index in [2.05, 4.69) is 0 Å². The normalized spacial score (nSPS) is 28.0. The van der Waals surface area contributed by atoms with Gasteiger partial charge in [0.25, 0.3) is 0 Å². The Morgan fingerprint density at radius 1 is 1.04 bits per heavy atom. The molecule has 0 spiro atoms. The molecule has 0 amide bonds. The summed E-state index contributed by atoms with van der Waals surface area (Å²) in [6, 6.07) is 9.66. The molecule has 28 heavy (non-hydrogen) atoms. The predicted molar refractivity (Wildman–Crippen MR) is 99.3 cm³/mol. The average Bonchev–Trinajstić information content (AvgIpc) is 2.72. The highest BCUT2D eigenvalue weighted by Crippen LogP contribution is 2.36. The van der Waals surface area contributed by atoms with Crippen LogP contribution in [0.3, 0.4) is 0 Å². The zero-order valence-electron chi connectivity index (χ0n) is 15.0. The molecule has 4 rings (SSSR count). The van der Waals surface area contributed by atoms with Crippen LogP contribution in [-0.2, 0) is 4.74 Å². The van der Waals surface area contributed by atoms with E-state index in [-0.39, 0.29) is 16.4 Å². The molecule has 1 aliphatic heterocycles. The van der Waals surface area contributed by atoms with E-state index in [1.165, 1.54) is 7.11 Å². The third-order valence-corrected chi connectivity index (χ3v) is 5.13. The number of methoxy groups -OCH3 is 1. The van der Waals surface area contributed by atoms with Gasteiger partial charge in [0, 0.05) is 5.56 Å². The van der Waals surface area contributed by atoms with E-state index in [1.807, 2.05) is 0 Å². The summed E-state index contributed by atoms with van der Waals surface area (Å²) in [5.41, 5.74) is 0.593. The summed E-state index contributed by atoms with van der Waals surface area (Å²) in [5.74, 6) is 0.518. The van der Waals surface area contributed by atoms with Crippen LogP contribution in [-0.4, -0.2) is 58.6 Å². The van der Waals surface area contributed by atoms with Crippen molar-refractivity contribution in [3.05, 3.63) is 52.2 Å². The van der Waals surface area contributed by atoms with Crippen LogP contribution in [0.2, 0.25) is 0 Å². The fraction of sp³-hybridized carbons (Fsp3) is 0.350. The van der Waals surface area contributed by atoms with E-state index >= 15 is 0 Å². The van der Waals surface area contributed by atoms with Crippen LogP contribution >= 0.6 is 0 Å². The molecular weight excluding hydrogens is 368 g/mol. The molecule has 1 fully saturated rings. The number of benzene rings is 2. The fourth-order valence-electron chi connectivity index (χ4n) is 3.59. The lowest BCUT2D eigenvalue weighted by Gasteiger charge is -2.40. The standard InChI is InChI=1S/C20H20O8/c1-26-9-5-6-13-12(7-9)15(22)10-3-2-4-11(19(10)27-13)20-18(25)17(24)16(23)14(8-21)28-20/h2-7,14,16-18,20-21,23-25H,8H2,1H3/t14-,16-,17+,18-,20+/m1/s1. The smallest absolute Gasteiger partial charge is 0.200 e. The lowest BCUT2D eigenvalue weighted by Crippen LogP contribution is -2.55. The fourth-order valence-corrected chi connectivity index (χ4v) is 3.59. The molecule has 3 aromatic rings. The zero-order valence-corrected chi connectivity index (χ0v) is 15.0. The number of hydrogen-bond acceptors (Lipinski definition) is 8. The molecule has 0 unspecified atom stereocenters. The first-order chi connectivity index (χ1) is 13.5. The summed E-state index contributed by atoms with van der Waals surface area (Å²) in [6.07, 6.45) is -6.62. The minimum absolute atomic E-state index is 0.203. The Labute approximate surface area is 159 Å². The summed E-state index contributed by atoms with van der Waals surface area (Å²) >= 11 is 0. The van der Waals surface area contributed by atoms with Crippen LogP contribution in [0.25, 0.3) is 21.9 Å². The van der Waals surface area contributed by atoms with Crippen molar-refractivity contribution >= 4 is 21.9 Å². The molecular formula is C20H20O8. The first-order valence-electron chi connectivity index (χ1n) is 8.80. The summed E-state index contributed by atoms with van der Waals surface area (Å²) < 4.78 is 16.7. The number of ether oxygens (including phenoxy) is 2. The zero-order chi connectivity index (χ0) is 20.0.